The van der Waals surface area contributed by atoms with E-state index in [4.69, 9.17) is 4.74 Å². The molecule has 2 rings (SSSR count). The second-order valence-electron chi connectivity index (χ2n) is 4.74. The summed E-state index contributed by atoms with van der Waals surface area (Å²) in [5.41, 5.74) is -1.21. The van der Waals surface area contributed by atoms with Gasteiger partial charge in [0.15, 0.2) is 0 Å². The summed E-state index contributed by atoms with van der Waals surface area (Å²) in [4.78, 5) is 22.4. The van der Waals surface area contributed by atoms with Crippen LogP contribution in [0.25, 0.3) is 0 Å². The fourth-order valence-corrected chi connectivity index (χ4v) is 2.77. The number of aliphatic carboxylic acids is 1. The van der Waals surface area contributed by atoms with E-state index in [1.54, 1.807) is 6.92 Å². The van der Waals surface area contributed by atoms with Crippen molar-refractivity contribution in [3.8, 4) is 0 Å². The van der Waals surface area contributed by atoms with Crippen LogP contribution in [0.1, 0.15) is 26.7 Å². The highest BCUT2D eigenvalue weighted by molar-refractivity contribution is 5.83. The lowest BCUT2D eigenvalue weighted by Crippen LogP contribution is -2.44. The SMILES string of the molecule is C[C@@]12CC[C@@H](C(=O)[O-])[C@]1(C)COC2=O. The first-order valence-corrected chi connectivity index (χ1v) is 4.80. The number of carboxylic acid groups (broad SMARTS) is 1. The van der Waals surface area contributed by atoms with Crippen LogP contribution < -0.4 is 5.11 Å². The van der Waals surface area contributed by atoms with Gasteiger partial charge >= 0.3 is 5.97 Å². The minimum absolute atomic E-state index is 0.209. The summed E-state index contributed by atoms with van der Waals surface area (Å²) >= 11 is 0. The number of carbonyl (C=O) groups is 2. The molecule has 78 valence electrons. The summed E-state index contributed by atoms with van der Waals surface area (Å²) in [5.74, 6) is -1.88. The average molecular weight is 197 g/mol. The summed E-state index contributed by atoms with van der Waals surface area (Å²) < 4.78 is 4.98. The van der Waals surface area contributed by atoms with E-state index in [1.165, 1.54) is 0 Å². The molecule has 1 heterocycles. The minimum Gasteiger partial charge on any atom is -0.550 e. The van der Waals surface area contributed by atoms with Crippen molar-refractivity contribution in [1.82, 2.24) is 0 Å². The first kappa shape index (κ1) is 9.49. The Hall–Kier alpha value is -1.06. The molecule has 4 nitrogen and oxygen atoms in total. The van der Waals surface area contributed by atoms with Crippen molar-refractivity contribution in [3.63, 3.8) is 0 Å². The predicted octanol–water partition coefficient (Wildman–Crippen LogP) is -0.284. The van der Waals surface area contributed by atoms with Gasteiger partial charge in [-0.05, 0) is 19.8 Å². The molecule has 0 aromatic rings. The molecule has 2 aliphatic rings. The van der Waals surface area contributed by atoms with Crippen molar-refractivity contribution >= 4 is 11.9 Å². The third-order valence-electron chi connectivity index (χ3n) is 4.20. The Morgan fingerprint density at radius 3 is 2.79 bits per heavy atom. The molecule has 0 amide bonds. The molecule has 0 bridgehead atoms. The molecule has 0 radical (unpaired) electrons. The Morgan fingerprint density at radius 1 is 1.57 bits per heavy atom. The second-order valence-corrected chi connectivity index (χ2v) is 4.74. The van der Waals surface area contributed by atoms with Crippen LogP contribution in [-0.4, -0.2) is 18.5 Å². The van der Waals surface area contributed by atoms with Gasteiger partial charge in [-0.15, -0.1) is 0 Å². The van der Waals surface area contributed by atoms with Gasteiger partial charge in [0, 0.05) is 17.3 Å². The van der Waals surface area contributed by atoms with Crippen LogP contribution in [0.15, 0.2) is 0 Å². The molecular formula is C10H13O4-. The largest absolute Gasteiger partial charge is 0.550 e. The van der Waals surface area contributed by atoms with Crippen LogP contribution in [0.2, 0.25) is 0 Å². The lowest BCUT2D eigenvalue weighted by Gasteiger charge is -2.34. The maximum atomic E-state index is 11.5. The summed E-state index contributed by atoms with van der Waals surface area (Å²) in [6.45, 7) is 3.82. The number of carboxylic acids is 1. The van der Waals surface area contributed by atoms with Crippen molar-refractivity contribution in [1.29, 1.82) is 0 Å². The Kier molecular flexibility index (Phi) is 1.69. The van der Waals surface area contributed by atoms with Crippen molar-refractivity contribution in [2.45, 2.75) is 26.7 Å². The zero-order valence-corrected chi connectivity index (χ0v) is 8.33. The number of fused-ring (bicyclic) bond motifs is 1. The normalized spacial score (nSPS) is 46.1. The van der Waals surface area contributed by atoms with Crippen LogP contribution in [-0.2, 0) is 14.3 Å². The van der Waals surface area contributed by atoms with Gasteiger partial charge in [0.25, 0.3) is 0 Å². The monoisotopic (exact) mass is 197 g/mol. The Balaban J connectivity index is 2.42. The first-order chi connectivity index (χ1) is 6.42. The van der Waals surface area contributed by atoms with Crippen LogP contribution in [0.4, 0.5) is 0 Å². The molecule has 4 heteroatoms. The molecule has 3 atom stereocenters. The van der Waals surface area contributed by atoms with Gasteiger partial charge in [-0.3, -0.25) is 4.79 Å². The highest BCUT2D eigenvalue weighted by Gasteiger charge is 2.64. The van der Waals surface area contributed by atoms with E-state index in [2.05, 4.69) is 0 Å². The topological polar surface area (TPSA) is 66.4 Å². The van der Waals surface area contributed by atoms with E-state index < -0.39 is 22.7 Å². The number of esters is 1. The smallest absolute Gasteiger partial charge is 0.312 e. The predicted molar refractivity (Wildman–Crippen MR) is 44.9 cm³/mol. The van der Waals surface area contributed by atoms with Crippen molar-refractivity contribution in [2.75, 3.05) is 6.61 Å². The fourth-order valence-electron chi connectivity index (χ4n) is 2.77. The van der Waals surface area contributed by atoms with Crippen LogP contribution >= 0.6 is 0 Å². The van der Waals surface area contributed by atoms with E-state index in [0.717, 1.165) is 0 Å². The minimum atomic E-state index is -1.06. The highest BCUT2D eigenvalue weighted by Crippen LogP contribution is 2.59. The number of rotatable bonds is 1. The molecule has 0 N–H and O–H groups in total. The van der Waals surface area contributed by atoms with Gasteiger partial charge in [0.1, 0.15) is 0 Å². The van der Waals surface area contributed by atoms with Crippen LogP contribution in [0.3, 0.4) is 0 Å². The number of hydrogen-bond donors (Lipinski definition) is 0. The summed E-state index contributed by atoms with van der Waals surface area (Å²) in [6, 6.07) is 0. The van der Waals surface area contributed by atoms with Gasteiger partial charge in [0.05, 0.1) is 12.0 Å². The molecule has 1 saturated heterocycles. The van der Waals surface area contributed by atoms with Gasteiger partial charge in [-0.1, -0.05) is 6.92 Å². The number of hydrogen-bond acceptors (Lipinski definition) is 4. The quantitative estimate of drug-likeness (QED) is 0.542. The second kappa shape index (κ2) is 2.49. The van der Waals surface area contributed by atoms with Gasteiger partial charge in [-0.25, -0.2) is 0 Å². The number of carbonyl (C=O) groups excluding carboxylic acids is 2. The number of cyclic esters (lactones) is 1. The van der Waals surface area contributed by atoms with E-state index in [9.17, 15) is 14.7 Å². The van der Waals surface area contributed by atoms with E-state index in [-0.39, 0.29) is 12.6 Å². The zero-order chi connectivity index (χ0) is 10.6. The molecule has 0 spiro atoms. The Bertz CT molecular complexity index is 311. The lowest BCUT2D eigenvalue weighted by atomic mass is 9.66. The van der Waals surface area contributed by atoms with Crippen molar-refractivity contribution < 1.29 is 19.4 Å². The standard InChI is InChI=1S/C10H14O4/c1-9-4-3-6(7(11)12)10(9,2)5-14-8(9)13/h6H,3-5H2,1-2H3,(H,11,12)/p-1/t6-,9-,10-/m0/s1. The summed E-state index contributed by atoms with van der Waals surface area (Å²) in [5, 5.41) is 10.9. The van der Waals surface area contributed by atoms with E-state index in [1.807, 2.05) is 6.92 Å². The molecule has 1 aliphatic heterocycles. The van der Waals surface area contributed by atoms with E-state index in [0.29, 0.717) is 12.8 Å². The molecule has 1 saturated carbocycles. The van der Waals surface area contributed by atoms with Crippen LogP contribution in [0, 0.1) is 16.7 Å². The molecule has 0 aromatic heterocycles. The Labute approximate surface area is 82.2 Å². The molecule has 0 unspecified atom stereocenters. The van der Waals surface area contributed by atoms with Gasteiger partial charge in [-0.2, -0.15) is 0 Å². The summed E-state index contributed by atoms with van der Waals surface area (Å²) in [6.07, 6.45) is 1.10. The van der Waals surface area contributed by atoms with Crippen molar-refractivity contribution in [2.24, 2.45) is 16.7 Å². The number of ether oxygens (including phenoxy) is 1. The highest BCUT2D eigenvalue weighted by atomic mass is 16.5. The molecular weight excluding hydrogens is 184 g/mol. The maximum Gasteiger partial charge on any atom is 0.312 e. The maximum absolute atomic E-state index is 11.5. The molecule has 0 aromatic carbocycles. The van der Waals surface area contributed by atoms with Crippen LogP contribution in [0.5, 0.6) is 0 Å². The zero-order valence-electron chi connectivity index (χ0n) is 8.33. The van der Waals surface area contributed by atoms with Crippen molar-refractivity contribution in [3.05, 3.63) is 0 Å². The lowest BCUT2D eigenvalue weighted by molar-refractivity contribution is -0.315. The third-order valence-corrected chi connectivity index (χ3v) is 4.20. The molecule has 1 aliphatic carbocycles. The first-order valence-electron chi connectivity index (χ1n) is 4.80. The third kappa shape index (κ3) is 0.837. The summed E-state index contributed by atoms with van der Waals surface area (Å²) in [7, 11) is 0. The molecule has 14 heavy (non-hydrogen) atoms. The van der Waals surface area contributed by atoms with Gasteiger partial charge in [0.2, 0.25) is 0 Å². The molecule has 2 fully saturated rings. The fraction of sp³-hybridized carbons (Fsp3) is 0.800. The average Bonchev–Trinajstić information content (AvgIpc) is 2.47. The van der Waals surface area contributed by atoms with E-state index >= 15 is 0 Å². The Morgan fingerprint density at radius 2 is 2.21 bits per heavy atom. The van der Waals surface area contributed by atoms with Gasteiger partial charge < -0.3 is 14.6 Å².